The van der Waals surface area contributed by atoms with E-state index in [1.807, 2.05) is 66.7 Å². The van der Waals surface area contributed by atoms with Gasteiger partial charge in [0.2, 0.25) is 5.60 Å². The molecule has 0 bridgehead atoms. The van der Waals surface area contributed by atoms with Crippen LogP contribution in [0.15, 0.2) is 121 Å². The lowest BCUT2D eigenvalue weighted by molar-refractivity contribution is -0.418. The molecule has 2 aliphatic heterocycles. The van der Waals surface area contributed by atoms with Gasteiger partial charge in [-0.3, -0.25) is 4.79 Å². The average Bonchev–Trinajstić information content (AvgIpc) is 3.14. The van der Waals surface area contributed by atoms with Crippen molar-refractivity contribution in [1.29, 1.82) is 0 Å². The third-order valence-corrected chi connectivity index (χ3v) is 9.03. The van der Waals surface area contributed by atoms with Crippen LogP contribution in [0.3, 0.4) is 0 Å². The maximum absolute atomic E-state index is 14.3. The largest absolute Gasteiger partial charge is 0.450 e. The molecule has 40 heavy (non-hydrogen) atoms. The van der Waals surface area contributed by atoms with Crippen LogP contribution in [-0.4, -0.2) is 38.8 Å². The zero-order valence-electron chi connectivity index (χ0n) is 21.6. The van der Waals surface area contributed by atoms with Crippen molar-refractivity contribution in [3.05, 3.63) is 144 Å². The molecular weight excluding hydrogens is 504 g/mol. The van der Waals surface area contributed by atoms with E-state index in [4.69, 9.17) is 9.47 Å². The lowest BCUT2D eigenvalue weighted by Gasteiger charge is -2.69. The van der Waals surface area contributed by atoms with Crippen molar-refractivity contribution in [3.8, 4) is 0 Å². The highest BCUT2D eigenvalue weighted by Crippen LogP contribution is 2.76. The van der Waals surface area contributed by atoms with Crippen LogP contribution in [0, 0.1) is 0 Å². The van der Waals surface area contributed by atoms with Gasteiger partial charge in [-0.05, 0) is 22.3 Å². The summed E-state index contributed by atoms with van der Waals surface area (Å²) in [6.45, 7) is 0. The summed E-state index contributed by atoms with van der Waals surface area (Å²) < 4.78 is 13.1. The molecule has 3 aliphatic rings. The second kappa shape index (κ2) is 8.70. The molecular formula is C34H28O6. The predicted molar refractivity (Wildman–Crippen MR) is 146 cm³/mol. The maximum atomic E-state index is 14.3. The van der Waals surface area contributed by atoms with Crippen LogP contribution in [0.2, 0.25) is 0 Å². The van der Waals surface area contributed by atoms with E-state index in [0.717, 1.165) is 11.1 Å². The van der Waals surface area contributed by atoms with E-state index in [1.165, 1.54) is 0 Å². The molecule has 0 amide bonds. The Hall–Kier alpha value is -4.10. The number of ketones is 1. The number of carbonyl (C=O) groups is 2. The molecule has 1 aliphatic carbocycles. The molecule has 6 nitrogen and oxygen atoms in total. The molecule has 4 aromatic rings. The van der Waals surface area contributed by atoms with Gasteiger partial charge in [-0.1, -0.05) is 121 Å². The summed E-state index contributed by atoms with van der Waals surface area (Å²) in [5.41, 5.74) is -6.12. The number of carbonyl (C=O) groups excluding carboxylic acids is 2. The van der Waals surface area contributed by atoms with Crippen LogP contribution in [0.5, 0.6) is 0 Å². The first kappa shape index (κ1) is 24.9. The van der Waals surface area contributed by atoms with E-state index in [1.54, 1.807) is 54.6 Å². The topological polar surface area (TPSA) is 93.1 Å². The second-order valence-electron chi connectivity index (χ2n) is 11.0. The number of rotatable bonds is 5. The zero-order valence-corrected chi connectivity index (χ0v) is 21.6. The molecule has 0 radical (unpaired) electrons. The monoisotopic (exact) mass is 532 g/mol. The van der Waals surface area contributed by atoms with E-state index in [2.05, 4.69) is 0 Å². The van der Waals surface area contributed by atoms with Crippen molar-refractivity contribution >= 4 is 11.8 Å². The highest BCUT2D eigenvalue weighted by molar-refractivity contribution is 5.99. The van der Waals surface area contributed by atoms with Crippen LogP contribution < -0.4 is 0 Å². The van der Waals surface area contributed by atoms with E-state index in [0.29, 0.717) is 5.56 Å². The Bertz CT molecular complexity index is 1580. The average molecular weight is 533 g/mol. The fraction of sp³-hybridized carbons (Fsp3) is 0.235. The van der Waals surface area contributed by atoms with Crippen LogP contribution in [-0.2, 0) is 31.1 Å². The van der Waals surface area contributed by atoms with E-state index < -0.39 is 46.2 Å². The second-order valence-corrected chi connectivity index (χ2v) is 11.0. The normalized spacial score (nSPS) is 34.4. The maximum Gasteiger partial charge on any atom is 0.342 e. The lowest BCUT2D eigenvalue weighted by Crippen LogP contribution is -2.88. The van der Waals surface area contributed by atoms with Gasteiger partial charge in [-0.15, -0.1) is 0 Å². The van der Waals surface area contributed by atoms with Gasteiger partial charge in [0.15, 0.2) is 22.6 Å². The molecule has 200 valence electrons. The first-order valence-corrected chi connectivity index (χ1v) is 13.5. The minimum absolute atomic E-state index is 0.113. The first-order chi connectivity index (χ1) is 19.4. The standard InChI is InChI=1S/C34H28O6/c35-28-21-27(24-15-7-2-8-16-24)33-29(25-17-9-3-10-18-25)39-34(33,32(28,38)26-19-11-4-12-20-26)31(37,30(36)40-33)22-23-13-5-1-6-14-23/h1-20,27,29,37-38H,21-22H2/t27-,29+,31-,32-,33+,34?/m1/s1. The van der Waals surface area contributed by atoms with Gasteiger partial charge in [0, 0.05) is 18.8 Å². The van der Waals surface area contributed by atoms with Crippen molar-refractivity contribution in [3.63, 3.8) is 0 Å². The molecule has 1 unspecified atom stereocenters. The van der Waals surface area contributed by atoms with Crippen LogP contribution in [0.1, 0.15) is 40.7 Å². The number of aliphatic hydroxyl groups is 2. The summed E-state index contributed by atoms with van der Waals surface area (Å²) in [6, 6.07) is 36.2. The third-order valence-electron chi connectivity index (χ3n) is 9.03. The molecule has 2 saturated heterocycles. The van der Waals surface area contributed by atoms with Crippen LogP contribution in [0.4, 0.5) is 0 Å². The smallest absolute Gasteiger partial charge is 0.342 e. The Balaban J connectivity index is 1.54. The van der Waals surface area contributed by atoms with E-state index in [-0.39, 0.29) is 18.4 Å². The Morgan fingerprint density at radius 3 is 1.82 bits per heavy atom. The van der Waals surface area contributed by atoms with Crippen molar-refractivity contribution in [1.82, 2.24) is 0 Å². The lowest BCUT2D eigenvalue weighted by atomic mass is 9.45. The fourth-order valence-corrected chi connectivity index (χ4v) is 7.38. The minimum atomic E-state index is -2.38. The number of Topliss-reactive ketones (excluding diaryl/α,β-unsaturated/α-hetero) is 1. The van der Waals surface area contributed by atoms with Crippen LogP contribution >= 0.6 is 0 Å². The van der Waals surface area contributed by atoms with Crippen molar-refractivity contribution < 1.29 is 29.3 Å². The van der Waals surface area contributed by atoms with Crippen LogP contribution in [0.25, 0.3) is 0 Å². The number of ether oxygens (including phenoxy) is 2. The number of benzene rings is 4. The molecule has 6 heteroatoms. The summed E-state index contributed by atoms with van der Waals surface area (Å²) in [4.78, 5) is 28.4. The number of hydrogen-bond donors (Lipinski definition) is 2. The van der Waals surface area contributed by atoms with Gasteiger partial charge < -0.3 is 19.7 Å². The summed E-state index contributed by atoms with van der Waals surface area (Å²) in [5.74, 6) is -2.14. The van der Waals surface area contributed by atoms with Crippen molar-refractivity contribution in [2.75, 3.05) is 0 Å². The number of hydrogen-bond acceptors (Lipinski definition) is 6. The quantitative estimate of drug-likeness (QED) is 0.370. The molecule has 7 rings (SSSR count). The summed E-state index contributed by atoms with van der Waals surface area (Å²) in [7, 11) is 0. The Morgan fingerprint density at radius 1 is 0.700 bits per heavy atom. The Kier molecular flexibility index (Phi) is 5.42. The molecule has 0 aromatic heterocycles. The van der Waals surface area contributed by atoms with Crippen molar-refractivity contribution in [2.45, 2.75) is 47.3 Å². The molecule has 0 spiro atoms. The third kappa shape index (κ3) is 2.93. The highest BCUT2D eigenvalue weighted by Gasteiger charge is 2.95. The van der Waals surface area contributed by atoms with Gasteiger partial charge in [-0.2, -0.15) is 0 Å². The number of esters is 1. The summed E-state index contributed by atoms with van der Waals surface area (Å²) in [6.07, 6.45) is -1.16. The van der Waals surface area contributed by atoms with E-state index >= 15 is 0 Å². The first-order valence-electron chi connectivity index (χ1n) is 13.5. The Labute approximate surface area is 231 Å². The molecule has 1 saturated carbocycles. The molecule has 2 heterocycles. The molecule has 4 aromatic carbocycles. The zero-order chi connectivity index (χ0) is 27.6. The van der Waals surface area contributed by atoms with Gasteiger partial charge in [0.05, 0.1) is 0 Å². The highest BCUT2D eigenvalue weighted by atomic mass is 16.7. The summed E-state index contributed by atoms with van der Waals surface area (Å²) in [5, 5.41) is 25.4. The fourth-order valence-electron chi connectivity index (χ4n) is 7.38. The van der Waals surface area contributed by atoms with Gasteiger partial charge >= 0.3 is 5.97 Å². The van der Waals surface area contributed by atoms with Gasteiger partial charge in [-0.25, -0.2) is 4.79 Å². The van der Waals surface area contributed by atoms with Crippen molar-refractivity contribution in [2.24, 2.45) is 0 Å². The molecule has 2 N–H and O–H groups in total. The minimum Gasteiger partial charge on any atom is -0.450 e. The summed E-state index contributed by atoms with van der Waals surface area (Å²) >= 11 is 0. The molecule has 6 atom stereocenters. The Morgan fingerprint density at radius 2 is 1.23 bits per heavy atom. The molecule has 3 fully saturated rings. The predicted octanol–water partition coefficient (Wildman–Crippen LogP) is 4.41. The van der Waals surface area contributed by atoms with Gasteiger partial charge in [0.1, 0.15) is 6.10 Å². The SMILES string of the molecule is O=C1O[C@]23[C@@H](c4ccccc4)CC(=O)[C@](O)(c4ccccc4)C2(O[C@H]3c2ccccc2)[C@@]1(O)Cc1ccccc1. The van der Waals surface area contributed by atoms with Gasteiger partial charge in [0.25, 0.3) is 0 Å². The van der Waals surface area contributed by atoms with E-state index in [9.17, 15) is 19.8 Å².